The van der Waals surface area contributed by atoms with E-state index in [4.69, 9.17) is 21.1 Å². The van der Waals surface area contributed by atoms with Gasteiger partial charge in [-0.1, -0.05) is 11.6 Å². The van der Waals surface area contributed by atoms with Gasteiger partial charge in [-0.15, -0.1) is 0 Å². The van der Waals surface area contributed by atoms with Crippen LogP contribution in [0.25, 0.3) is 0 Å². The number of ether oxygens (including phenoxy) is 2. The molecule has 0 bridgehead atoms. The summed E-state index contributed by atoms with van der Waals surface area (Å²) in [5.41, 5.74) is 1.00. The zero-order valence-corrected chi connectivity index (χ0v) is 13.1. The minimum absolute atomic E-state index is 0.537. The van der Waals surface area contributed by atoms with Gasteiger partial charge in [0.15, 0.2) is 17.5 Å². The number of nitrogens with zero attached hydrogens (tertiary/aromatic N) is 3. The molecule has 1 aliphatic heterocycles. The lowest BCUT2D eigenvalue weighted by atomic mass is 10.2. The first kappa shape index (κ1) is 14.8. The third-order valence-electron chi connectivity index (χ3n) is 2.86. The highest BCUT2D eigenvalue weighted by atomic mass is 35.5. The normalized spacial score (nSPS) is 12.8. The Morgan fingerprint density at radius 1 is 1.15 bits per heavy atom. The Kier molecular flexibility index (Phi) is 4.60. The Bertz CT molecular complexity index is 505. The molecular weight excluding hydrogens is 278 g/mol. The second-order valence-corrected chi connectivity index (χ2v) is 5.41. The van der Waals surface area contributed by atoms with Gasteiger partial charge in [-0.25, -0.2) is 4.99 Å². The first-order valence-electron chi connectivity index (χ1n) is 6.46. The monoisotopic (exact) mass is 297 g/mol. The second-order valence-electron chi connectivity index (χ2n) is 5.01. The predicted octanol–water partition coefficient (Wildman–Crippen LogP) is 2.09. The van der Waals surface area contributed by atoms with Crippen LogP contribution in [0.1, 0.15) is 5.56 Å². The zero-order chi connectivity index (χ0) is 14.7. The average molecular weight is 298 g/mol. The molecule has 0 unspecified atom stereocenters. The van der Waals surface area contributed by atoms with Crippen LogP contribution < -0.4 is 9.47 Å². The number of benzene rings is 1. The maximum Gasteiger partial charge on any atom is 0.195 e. The van der Waals surface area contributed by atoms with Gasteiger partial charge in [0.25, 0.3) is 0 Å². The summed E-state index contributed by atoms with van der Waals surface area (Å²) >= 11 is 6.21. The fraction of sp³-hybridized carbons (Fsp3) is 0.500. The van der Waals surface area contributed by atoms with Gasteiger partial charge in [0.1, 0.15) is 13.2 Å². The van der Waals surface area contributed by atoms with E-state index in [2.05, 4.69) is 4.99 Å². The van der Waals surface area contributed by atoms with E-state index in [9.17, 15) is 0 Å². The zero-order valence-electron chi connectivity index (χ0n) is 12.3. The van der Waals surface area contributed by atoms with Gasteiger partial charge >= 0.3 is 0 Å². The van der Waals surface area contributed by atoms with Crippen LogP contribution in [0.2, 0.25) is 5.02 Å². The number of guanidine groups is 1. The van der Waals surface area contributed by atoms with Crippen molar-refractivity contribution in [1.29, 1.82) is 0 Å². The molecule has 6 heteroatoms. The van der Waals surface area contributed by atoms with Crippen molar-refractivity contribution in [3.05, 3.63) is 22.7 Å². The molecule has 2 rings (SSSR count). The topological polar surface area (TPSA) is 37.3 Å². The summed E-state index contributed by atoms with van der Waals surface area (Å²) in [4.78, 5) is 8.54. The van der Waals surface area contributed by atoms with E-state index < -0.39 is 0 Å². The summed E-state index contributed by atoms with van der Waals surface area (Å²) in [7, 11) is 7.87. The van der Waals surface area contributed by atoms with Gasteiger partial charge in [-0.05, 0) is 17.7 Å². The van der Waals surface area contributed by atoms with Crippen molar-refractivity contribution in [3.8, 4) is 11.5 Å². The summed E-state index contributed by atoms with van der Waals surface area (Å²) in [6.45, 7) is 1.63. The molecule has 0 spiro atoms. The molecule has 20 heavy (non-hydrogen) atoms. The number of hydrogen-bond acceptors (Lipinski definition) is 3. The van der Waals surface area contributed by atoms with Crippen LogP contribution in [0, 0.1) is 0 Å². The number of hydrogen-bond donors (Lipinski definition) is 0. The first-order chi connectivity index (χ1) is 9.49. The van der Waals surface area contributed by atoms with E-state index in [1.165, 1.54) is 0 Å². The van der Waals surface area contributed by atoms with Gasteiger partial charge in [0.05, 0.1) is 11.6 Å². The Balaban J connectivity index is 2.22. The maximum absolute atomic E-state index is 6.21. The fourth-order valence-corrected chi connectivity index (χ4v) is 2.39. The van der Waals surface area contributed by atoms with Crippen LogP contribution in [-0.2, 0) is 6.54 Å². The van der Waals surface area contributed by atoms with Crippen LogP contribution in [0.3, 0.4) is 0 Å². The van der Waals surface area contributed by atoms with Crippen LogP contribution in [0.5, 0.6) is 11.5 Å². The van der Waals surface area contributed by atoms with E-state index in [1.54, 1.807) is 0 Å². The molecule has 1 aromatic carbocycles. The highest BCUT2D eigenvalue weighted by Crippen LogP contribution is 2.38. The van der Waals surface area contributed by atoms with E-state index in [0.29, 0.717) is 36.3 Å². The van der Waals surface area contributed by atoms with Gasteiger partial charge in [0, 0.05) is 28.2 Å². The van der Waals surface area contributed by atoms with Crippen molar-refractivity contribution in [2.45, 2.75) is 6.54 Å². The van der Waals surface area contributed by atoms with E-state index in [-0.39, 0.29) is 0 Å². The van der Waals surface area contributed by atoms with Crippen LogP contribution >= 0.6 is 11.6 Å². The lowest BCUT2D eigenvalue weighted by Gasteiger charge is -2.23. The maximum atomic E-state index is 6.21. The molecule has 0 aromatic heterocycles. The standard InChI is InChI=1S/C14H20ClN3O2/c1-17(2)14(18(3)4)16-9-10-7-11(15)13-12(8-10)19-5-6-20-13/h7-8H,5-6,9H2,1-4H3. The highest BCUT2D eigenvalue weighted by Gasteiger charge is 2.16. The van der Waals surface area contributed by atoms with Crippen molar-refractivity contribution >= 4 is 17.6 Å². The summed E-state index contributed by atoms with van der Waals surface area (Å²) in [6.07, 6.45) is 0. The minimum Gasteiger partial charge on any atom is -0.486 e. The molecule has 5 nitrogen and oxygen atoms in total. The second kappa shape index (κ2) is 6.22. The van der Waals surface area contributed by atoms with E-state index in [0.717, 1.165) is 11.5 Å². The lowest BCUT2D eigenvalue weighted by molar-refractivity contribution is 0.171. The van der Waals surface area contributed by atoms with Crippen molar-refractivity contribution in [3.63, 3.8) is 0 Å². The van der Waals surface area contributed by atoms with Gasteiger partial charge < -0.3 is 19.3 Å². The average Bonchev–Trinajstić information content (AvgIpc) is 2.38. The molecule has 1 heterocycles. The lowest BCUT2D eigenvalue weighted by Crippen LogP contribution is -2.35. The SMILES string of the molecule is CN(C)C(=NCc1cc(Cl)c2c(c1)OCCO2)N(C)C. The molecule has 0 amide bonds. The van der Waals surface area contributed by atoms with Crippen LogP contribution in [-0.4, -0.2) is 57.2 Å². The third kappa shape index (κ3) is 3.28. The first-order valence-corrected chi connectivity index (χ1v) is 6.84. The summed E-state index contributed by atoms with van der Waals surface area (Å²) in [6, 6.07) is 3.81. The minimum atomic E-state index is 0.537. The molecule has 1 aliphatic rings. The van der Waals surface area contributed by atoms with Crippen LogP contribution in [0.15, 0.2) is 17.1 Å². The molecule has 110 valence electrons. The number of rotatable bonds is 2. The quantitative estimate of drug-likeness (QED) is 0.619. The molecule has 0 saturated heterocycles. The number of fused-ring (bicyclic) bond motifs is 1. The fourth-order valence-electron chi connectivity index (χ4n) is 2.10. The summed E-state index contributed by atoms with van der Waals surface area (Å²) < 4.78 is 11.1. The molecule has 0 aliphatic carbocycles. The Morgan fingerprint density at radius 3 is 2.45 bits per heavy atom. The van der Waals surface area contributed by atoms with Gasteiger partial charge in [-0.3, -0.25) is 0 Å². The predicted molar refractivity (Wildman–Crippen MR) is 81.0 cm³/mol. The number of halogens is 1. The highest BCUT2D eigenvalue weighted by molar-refractivity contribution is 6.32. The Hall–Kier alpha value is -1.62. The van der Waals surface area contributed by atoms with Crippen molar-refractivity contribution < 1.29 is 9.47 Å². The van der Waals surface area contributed by atoms with E-state index in [1.807, 2.05) is 50.1 Å². The molecule has 0 fully saturated rings. The Labute approximate surface area is 124 Å². The van der Waals surface area contributed by atoms with Gasteiger partial charge in [-0.2, -0.15) is 0 Å². The molecule has 0 radical (unpaired) electrons. The summed E-state index contributed by atoms with van der Waals surface area (Å²) in [5, 5.41) is 0.573. The third-order valence-corrected chi connectivity index (χ3v) is 3.14. The van der Waals surface area contributed by atoms with E-state index >= 15 is 0 Å². The smallest absolute Gasteiger partial charge is 0.195 e. The molecule has 0 N–H and O–H groups in total. The van der Waals surface area contributed by atoms with Crippen molar-refractivity contribution in [1.82, 2.24) is 9.80 Å². The largest absolute Gasteiger partial charge is 0.486 e. The van der Waals surface area contributed by atoms with Crippen LogP contribution in [0.4, 0.5) is 0 Å². The molecule has 0 atom stereocenters. The van der Waals surface area contributed by atoms with Crippen molar-refractivity contribution in [2.75, 3.05) is 41.4 Å². The summed E-state index contributed by atoms with van der Waals surface area (Å²) in [5.74, 6) is 2.23. The molecular formula is C14H20ClN3O2. The number of aliphatic imine (C=N–C) groups is 1. The molecule has 1 aromatic rings. The van der Waals surface area contributed by atoms with Gasteiger partial charge in [0.2, 0.25) is 0 Å². The van der Waals surface area contributed by atoms with Crippen molar-refractivity contribution in [2.24, 2.45) is 4.99 Å². The molecule has 0 saturated carbocycles. The Morgan fingerprint density at radius 2 is 1.80 bits per heavy atom.